The van der Waals surface area contributed by atoms with Crippen LogP contribution < -0.4 is 5.73 Å². The van der Waals surface area contributed by atoms with Gasteiger partial charge in [-0.25, -0.2) is 0 Å². The largest absolute Gasteiger partial charge is 0.397 e. The van der Waals surface area contributed by atoms with Crippen LogP contribution in [-0.4, -0.2) is 4.98 Å². The van der Waals surface area contributed by atoms with Crippen LogP contribution in [-0.2, 0) is 0 Å². The van der Waals surface area contributed by atoms with Gasteiger partial charge in [-0.3, -0.25) is 4.98 Å². The van der Waals surface area contributed by atoms with Gasteiger partial charge in [-0.15, -0.1) is 0 Å². The Bertz CT molecular complexity index is 339. The van der Waals surface area contributed by atoms with Crippen molar-refractivity contribution < 1.29 is 0 Å². The van der Waals surface area contributed by atoms with Gasteiger partial charge in [0, 0.05) is 12.4 Å². The van der Waals surface area contributed by atoms with Crippen molar-refractivity contribution in [2.24, 2.45) is 0 Å². The molecule has 1 aromatic heterocycles. The fraction of sp³-hybridized carbons (Fsp3) is 0.400. The highest BCUT2D eigenvalue weighted by Crippen LogP contribution is 2.25. The third kappa shape index (κ3) is 1.78. The minimum Gasteiger partial charge on any atom is -0.397 e. The zero-order valence-corrected chi connectivity index (χ0v) is 7.91. The Labute approximate surface area is 78.2 Å². The third-order valence-electron chi connectivity index (χ3n) is 2.28. The fourth-order valence-corrected chi connectivity index (χ4v) is 1.19. The number of pyridine rings is 1. The summed E-state index contributed by atoms with van der Waals surface area (Å²) in [6, 6.07) is 2.03. The highest BCUT2D eigenvalue weighted by atomic mass is 14.7. The predicted octanol–water partition coefficient (Wildman–Crippen LogP) is 2.05. The minimum atomic E-state index is 0.362. The second-order valence-corrected chi connectivity index (χ2v) is 3.11. The predicted molar refractivity (Wildman–Crippen MR) is 52.1 cm³/mol. The van der Waals surface area contributed by atoms with Crippen molar-refractivity contribution in [1.29, 1.82) is 5.26 Å². The first-order chi connectivity index (χ1) is 6.20. The quantitative estimate of drug-likeness (QED) is 0.748. The Morgan fingerprint density at radius 1 is 1.62 bits per heavy atom. The van der Waals surface area contributed by atoms with E-state index in [1.54, 1.807) is 6.20 Å². The van der Waals surface area contributed by atoms with E-state index in [4.69, 9.17) is 11.0 Å². The Morgan fingerprint density at radius 3 is 2.85 bits per heavy atom. The molecule has 0 amide bonds. The van der Waals surface area contributed by atoms with E-state index in [0.717, 1.165) is 12.0 Å². The number of aromatic nitrogens is 1. The highest BCUT2D eigenvalue weighted by molar-refractivity contribution is 5.58. The molecule has 0 saturated heterocycles. The number of hydrogen-bond donors (Lipinski definition) is 1. The van der Waals surface area contributed by atoms with Crippen LogP contribution in [0.1, 0.15) is 37.3 Å². The summed E-state index contributed by atoms with van der Waals surface area (Å²) in [6.45, 7) is 4.16. The zero-order valence-electron chi connectivity index (χ0n) is 7.91. The topological polar surface area (TPSA) is 62.7 Å². The summed E-state index contributed by atoms with van der Waals surface area (Å²) in [5, 5.41) is 8.73. The second-order valence-electron chi connectivity index (χ2n) is 3.11. The molecule has 13 heavy (non-hydrogen) atoms. The van der Waals surface area contributed by atoms with Gasteiger partial charge >= 0.3 is 0 Å². The van der Waals surface area contributed by atoms with Gasteiger partial charge < -0.3 is 5.73 Å². The summed E-state index contributed by atoms with van der Waals surface area (Å²) in [5.74, 6) is 0.362. The summed E-state index contributed by atoms with van der Waals surface area (Å²) in [7, 11) is 0. The van der Waals surface area contributed by atoms with Crippen molar-refractivity contribution in [2.45, 2.75) is 26.2 Å². The van der Waals surface area contributed by atoms with Crippen molar-refractivity contribution in [3.63, 3.8) is 0 Å². The number of nitrogens with two attached hydrogens (primary N) is 1. The zero-order chi connectivity index (χ0) is 9.84. The molecule has 1 rings (SSSR count). The first kappa shape index (κ1) is 9.53. The molecule has 0 saturated carbocycles. The molecule has 1 aromatic rings. The Morgan fingerprint density at radius 2 is 2.31 bits per heavy atom. The average Bonchev–Trinajstić information content (AvgIpc) is 2.17. The molecule has 3 nitrogen and oxygen atoms in total. The molecule has 0 aliphatic rings. The van der Waals surface area contributed by atoms with Crippen LogP contribution in [0.3, 0.4) is 0 Å². The van der Waals surface area contributed by atoms with Crippen molar-refractivity contribution in [3.8, 4) is 6.07 Å². The number of nitrogen functional groups attached to an aromatic ring is 1. The standard InChI is InChI=1S/C10H13N3/c1-3-7(2)9-6-13-5-8(4-11)10(9)12/h5-7H,3H2,1-2H3,(H2,12,13). The maximum absolute atomic E-state index is 8.73. The molecule has 0 aliphatic carbocycles. The summed E-state index contributed by atoms with van der Waals surface area (Å²) < 4.78 is 0. The molecule has 1 heterocycles. The van der Waals surface area contributed by atoms with Gasteiger partial charge in [0.05, 0.1) is 11.3 Å². The van der Waals surface area contributed by atoms with E-state index in [9.17, 15) is 0 Å². The molecule has 0 bridgehead atoms. The molecule has 0 aromatic carbocycles. The van der Waals surface area contributed by atoms with Crippen LogP contribution in [0, 0.1) is 11.3 Å². The maximum atomic E-state index is 8.73. The van der Waals surface area contributed by atoms with E-state index in [1.165, 1.54) is 6.20 Å². The summed E-state index contributed by atoms with van der Waals surface area (Å²) >= 11 is 0. The number of nitriles is 1. The van der Waals surface area contributed by atoms with Gasteiger partial charge in [0.15, 0.2) is 0 Å². The summed E-state index contributed by atoms with van der Waals surface area (Å²) in [6.07, 6.45) is 4.24. The first-order valence-corrected chi connectivity index (χ1v) is 4.34. The Hall–Kier alpha value is -1.56. The van der Waals surface area contributed by atoms with Gasteiger partial charge in [0.1, 0.15) is 6.07 Å². The van der Waals surface area contributed by atoms with Gasteiger partial charge in [-0.2, -0.15) is 5.26 Å². The van der Waals surface area contributed by atoms with E-state index >= 15 is 0 Å². The Kier molecular flexibility index (Phi) is 2.86. The second kappa shape index (κ2) is 3.90. The molecular weight excluding hydrogens is 162 g/mol. The molecule has 0 radical (unpaired) electrons. The normalized spacial score (nSPS) is 12.1. The van der Waals surface area contributed by atoms with E-state index < -0.39 is 0 Å². The van der Waals surface area contributed by atoms with Crippen molar-refractivity contribution in [1.82, 2.24) is 4.98 Å². The van der Waals surface area contributed by atoms with Crippen LogP contribution >= 0.6 is 0 Å². The van der Waals surface area contributed by atoms with E-state index in [-0.39, 0.29) is 0 Å². The van der Waals surface area contributed by atoms with E-state index in [2.05, 4.69) is 18.8 Å². The maximum Gasteiger partial charge on any atom is 0.103 e. The lowest BCUT2D eigenvalue weighted by atomic mass is 9.97. The Balaban J connectivity index is 3.17. The summed E-state index contributed by atoms with van der Waals surface area (Å²) in [5.41, 5.74) is 7.83. The van der Waals surface area contributed by atoms with Gasteiger partial charge in [0.25, 0.3) is 0 Å². The van der Waals surface area contributed by atoms with Crippen LogP contribution in [0.5, 0.6) is 0 Å². The first-order valence-electron chi connectivity index (χ1n) is 4.34. The third-order valence-corrected chi connectivity index (χ3v) is 2.28. The van der Waals surface area contributed by atoms with Crippen LogP contribution in [0.4, 0.5) is 5.69 Å². The fourth-order valence-electron chi connectivity index (χ4n) is 1.19. The lowest BCUT2D eigenvalue weighted by molar-refractivity contribution is 0.731. The number of nitrogens with zero attached hydrogens (tertiary/aromatic N) is 2. The van der Waals surface area contributed by atoms with Crippen LogP contribution in [0.15, 0.2) is 12.4 Å². The molecule has 68 valence electrons. The van der Waals surface area contributed by atoms with E-state index in [0.29, 0.717) is 17.2 Å². The van der Waals surface area contributed by atoms with Crippen LogP contribution in [0.2, 0.25) is 0 Å². The van der Waals surface area contributed by atoms with Crippen molar-refractivity contribution >= 4 is 5.69 Å². The number of hydrogen-bond acceptors (Lipinski definition) is 3. The molecular formula is C10H13N3. The van der Waals surface area contributed by atoms with E-state index in [1.807, 2.05) is 6.07 Å². The molecule has 0 spiro atoms. The molecule has 0 fully saturated rings. The van der Waals surface area contributed by atoms with Gasteiger partial charge in [-0.05, 0) is 17.9 Å². The number of rotatable bonds is 2. The average molecular weight is 175 g/mol. The SMILES string of the molecule is CCC(C)c1cncc(C#N)c1N. The van der Waals surface area contributed by atoms with Gasteiger partial charge in [-0.1, -0.05) is 13.8 Å². The lowest BCUT2D eigenvalue weighted by Gasteiger charge is -2.11. The smallest absolute Gasteiger partial charge is 0.103 e. The molecule has 2 N–H and O–H groups in total. The highest BCUT2D eigenvalue weighted by Gasteiger charge is 2.10. The minimum absolute atomic E-state index is 0.362. The monoisotopic (exact) mass is 175 g/mol. The van der Waals surface area contributed by atoms with Crippen molar-refractivity contribution in [3.05, 3.63) is 23.5 Å². The molecule has 1 unspecified atom stereocenters. The van der Waals surface area contributed by atoms with Gasteiger partial charge in [0.2, 0.25) is 0 Å². The lowest BCUT2D eigenvalue weighted by Crippen LogP contribution is -2.02. The molecule has 0 aliphatic heterocycles. The number of anilines is 1. The van der Waals surface area contributed by atoms with Crippen LogP contribution in [0.25, 0.3) is 0 Å². The molecule has 3 heteroatoms. The van der Waals surface area contributed by atoms with Crippen molar-refractivity contribution in [2.75, 3.05) is 5.73 Å². The molecule has 1 atom stereocenters. The summed E-state index contributed by atoms with van der Waals surface area (Å²) in [4.78, 5) is 3.98.